The SMILES string of the molecule is CC(C)n1c(Nc2ccc(Br)nc2)nc2ccccc21. The molecule has 0 radical (unpaired) electrons. The summed E-state index contributed by atoms with van der Waals surface area (Å²) >= 11 is 3.34. The van der Waals surface area contributed by atoms with Crippen molar-refractivity contribution in [3.8, 4) is 0 Å². The van der Waals surface area contributed by atoms with Crippen LogP contribution in [0.25, 0.3) is 11.0 Å². The Bertz CT molecular complexity index is 731. The van der Waals surface area contributed by atoms with Gasteiger partial charge < -0.3 is 9.88 Å². The van der Waals surface area contributed by atoms with Gasteiger partial charge in [0.25, 0.3) is 0 Å². The molecule has 0 unspecified atom stereocenters. The van der Waals surface area contributed by atoms with Gasteiger partial charge >= 0.3 is 0 Å². The standard InChI is InChI=1S/C15H15BrN4/c1-10(2)20-13-6-4-3-5-12(13)19-15(20)18-11-7-8-14(16)17-9-11/h3-10H,1-2H3,(H,18,19). The number of pyridine rings is 1. The molecule has 0 aliphatic heterocycles. The summed E-state index contributed by atoms with van der Waals surface area (Å²) in [6, 6.07) is 12.4. The number of anilines is 2. The summed E-state index contributed by atoms with van der Waals surface area (Å²) in [5, 5.41) is 3.34. The normalized spacial score (nSPS) is 11.2. The smallest absolute Gasteiger partial charge is 0.208 e. The molecule has 1 N–H and O–H groups in total. The summed E-state index contributed by atoms with van der Waals surface area (Å²) in [6.07, 6.45) is 1.79. The third kappa shape index (κ3) is 2.41. The lowest BCUT2D eigenvalue weighted by atomic mass is 10.3. The Kier molecular flexibility index (Phi) is 3.44. The van der Waals surface area contributed by atoms with Gasteiger partial charge in [-0.05, 0) is 54.0 Å². The van der Waals surface area contributed by atoms with E-state index in [9.17, 15) is 0 Å². The monoisotopic (exact) mass is 330 g/mol. The van der Waals surface area contributed by atoms with Crippen LogP contribution in [0.2, 0.25) is 0 Å². The Morgan fingerprint density at radius 2 is 1.95 bits per heavy atom. The molecule has 0 saturated carbocycles. The molecular formula is C15H15BrN4. The van der Waals surface area contributed by atoms with E-state index in [1.807, 2.05) is 30.3 Å². The van der Waals surface area contributed by atoms with Crippen molar-refractivity contribution < 1.29 is 0 Å². The first-order valence-corrected chi connectivity index (χ1v) is 7.30. The van der Waals surface area contributed by atoms with Gasteiger partial charge in [-0.25, -0.2) is 9.97 Å². The molecule has 0 fully saturated rings. The second kappa shape index (κ2) is 5.25. The molecule has 0 spiro atoms. The second-order valence-electron chi connectivity index (χ2n) is 4.88. The zero-order chi connectivity index (χ0) is 14.1. The molecule has 4 nitrogen and oxygen atoms in total. The van der Waals surface area contributed by atoms with Crippen LogP contribution < -0.4 is 5.32 Å². The lowest BCUT2D eigenvalue weighted by Crippen LogP contribution is -2.06. The maximum atomic E-state index is 4.66. The molecule has 20 heavy (non-hydrogen) atoms. The van der Waals surface area contributed by atoms with Crippen molar-refractivity contribution in [2.45, 2.75) is 19.9 Å². The van der Waals surface area contributed by atoms with Gasteiger partial charge in [-0.2, -0.15) is 0 Å². The topological polar surface area (TPSA) is 42.7 Å². The number of imidazole rings is 1. The third-order valence-electron chi connectivity index (χ3n) is 3.10. The number of para-hydroxylation sites is 2. The summed E-state index contributed by atoms with van der Waals surface area (Å²) < 4.78 is 3.01. The first-order valence-electron chi connectivity index (χ1n) is 6.50. The summed E-state index contributed by atoms with van der Waals surface area (Å²) in [4.78, 5) is 8.88. The number of rotatable bonds is 3. The molecule has 102 valence electrons. The number of benzene rings is 1. The number of nitrogens with one attached hydrogen (secondary N) is 1. The van der Waals surface area contributed by atoms with Crippen molar-refractivity contribution in [3.05, 3.63) is 47.2 Å². The average molecular weight is 331 g/mol. The highest BCUT2D eigenvalue weighted by molar-refractivity contribution is 9.10. The van der Waals surface area contributed by atoms with Crippen LogP contribution in [0.3, 0.4) is 0 Å². The quantitative estimate of drug-likeness (QED) is 0.718. The summed E-state index contributed by atoms with van der Waals surface area (Å²) in [6.45, 7) is 4.30. The minimum atomic E-state index is 0.327. The lowest BCUT2D eigenvalue weighted by Gasteiger charge is -2.13. The van der Waals surface area contributed by atoms with Gasteiger partial charge in [0, 0.05) is 6.04 Å². The maximum Gasteiger partial charge on any atom is 0.208 e. The van der Waals surface area contributed by atoms with E-state index >= 15 is 0 Å². The Morgan fingerprint density at radius 1 is 1.15 bits per heavy atom. The summed E-state index contributed by atoms with van der Waals surface area (Å²) in [5.74, 6) is 0.838. The Morgan fingerprint density at radius 3 is 2.65 bits per heavy atom. The van der Waals surface area contributed by atoms with Gasteiger partial charge in [0.15, 0.2) is 0 Å². The van der Waals surface area contributed by atoms with Crippen LogP contribution in [-0.4, -0.2) is 14.5 Å². The van der Waals surface area contributed by atoms with Gasteiger partial charge in [0.2, 0.25) is 5.95 Å². The van der Waals surface area contributed by atoms with Crippen LogP contribution in [0, 0.1) is 0 Å². The minimum Gasteiger partial charge on any atom is -0.324 e. The fourth-order valence-electron chi connectivity index (χ4n) is 2.23. The van der Waals surface area contributed by atoms with Gasteiger partial charge in [-0.15, -0.1) is 0 Å². The van der Waals surface area contributed by atoms with E-state index in [1.165, 1.54) is 0 Å². The maximum absolute atomic E-state index is 4.66. The largest absolute Gasteiger partial charge is 0.324 e. The number of nitrogens with zero attached hydrogens (tertiary/aromatic N) is 3. The fourth-order valence-corrected chi connectivity index (χ4v) is 2.47. The molecule has 3 rings (SSSR count). The van der Waals surface area contributed by atoms with Crippen molar-refractivity contribution in [1.29, 1.82) is 0 Å². The van der Waals surface area contributed by atoms with Crippen LogP contribution in [0.15, 0.2) is 47.2 Å². The highest BCUT2D eigenvalue weighted by Gasteiger charge is 2.12. The number of hydrogen-bond donors (Lipinski definition) is 1. The van der Waals surface area contributed by atoms with Crippen LogP contribution in [0.5, 0.6) is 0 Å². The van der Waals surface area contributed by atoms with Gasteiger partial charge in [0.05, 0.1) is 22.9 Å². The van der Waals surface area contributed by atoms with E-state index in [0.717, 1.165) is 27.3 Å². The molecule has 2 heterocycles. The number of fused-ring (bicyclic) bond motifs is 1. The summed E-state index contributed by atoms with van der Waals surface area (Å²) in [7, 11) is 0. The van der Waals surface area contributed by atoms with Gasteiger partial charge in [-0.3, -0.25) is 0 Å². The molecule has 0 aliphatic carbocycles. The van der Waals surface area contributed by atoms with Crippen molar-refractivity contribution in [2.75, 3.05) is 5.32 Å². The van der Waals surface area contributed by atoms with Crippen molar-refractivity contribution in [1.82, 2.24) is 14.5 Å². The summed E-state index contributed by atoms with van der Waals surface area (Å²) in [5.41, 5.74) is 3.05. The minimum absolute atomic E-state index is 0.327. The van der Waals surface area contributed by atoms with Crippen LogP contribution in [0.1, 0.15) is 19.9 Å². The molecule has 0 atom stereocenters. The molecule has 3 aromatic rings. The third-order valence-corrected chi connectivity index (χ3v) is 3.56. The number of halogens is 1. The first-order chi connectivity index (χ1) is 9.65. The molecule has 5 heteroatoms. The average Bonchev–Trinajstić information content (AvgIpc) is 2.79. The van der Waals surface area contributed by atoms with Crippen LogP contribution in [0.4, 0.5) is 11.6 Å². The van der Waals surface area contributed by atoms with Crippen molar-refractivity contribution in [2.24, 2.45) is 0 Å². The van der Waals surface area contributed by atoms with E-state index < -0.39 is 0 Å². The Hall–Kier alpha value is -1.88. The van der Waals surface area contributed by atoms with Gasteiger partial charge in [0.1, 0.15) is 4.60 Å². The highest BCUT2D eigenvalue weighted by Crippen LogP contribution is 2.26. The molecule has 0 amide bonds. The number of hydrogen-bond acceptors (Lipinski definition) is 3. The van der Waals surface area contributed by atoms with Crippen molar-refractivity contribution in [3.63, 3.8) is 0 Å². The zero-order valence-corrected chi connectivity index (χ0v) is 12.9. The molecule has 0 saturated heterocycles. The second-order valence-corrected chi connectivity index (χ2v) is 5.69. The highest BCUT2D eigenvalue weighted by atomic mass is 79.9. The molecule has 2 aromatic heterocycles. The van der Waals surface area contributed by atoms with E-state index in [0.29, 0.717) is 6.04 Å². The van der Waals surface area contributed by atoms with E-state index in [2.05, 4.69) is 55.7 Å². The molecule has 0 bridgehead atoms. The molecule has 0 aliphatic rings. The molecular weight excluding hydrogens is 316 g/mol. The van der Waals surface area contributed by atoms with Crippen LogP contribution >= 0.6 is 15.9 Å². The molecule has 1 aromatic carbocycles. The lowest BCUT2D eigenvalue weighted by molar-refractivity contribution is 0.625. The number of aromatic nitrogens is 3. The van der Waals surface area contributed by atoms with Crippen molar-refractivity contribution >= 4 is 38.6 Å². The predicted octanol–water partition coefficient (Wildman–Crippen LogP) is 4.52. The van der Waals surface area contributed by atoms with E-state index in [1.54, 1.807) is 6.20 Å². The van der Waals surface area contributed by atoms with E-state index in [-0.39, 0.29) is 0 Å². The fraction of sp³-hybridized carbons (Fsp3) is 0.200. The Labute approximate surface area is 126 Å². The zero-order valence-electron chi connectivity index (χ0n) is 11.3. The Balaban J connectivity index is 2.06. The van der Waals surface area contributed by atoms with Crippen LogP contribution in [-0.2, 0) is 0 Å². The van der Waals surface area contributed by atoms with E-state index in [4.69, 9.17) is 0 Å². The first kappa shape index (κ1) is 13.1. The predicted molar refractivity (Wildman–Crippen MR) is 85.3 cm³/mol. The van der Waals surface area contributed by atoms with Gasteiger partial charge in [-0.1, -0.05) is 12.1 Å².